The van der Waals surface area contributed by atoms with E-state index in [1.54, 1.807) is 24.1 Å². The number of rotatable bonds is 10. The standard InChI is InChI=1S/C23H30N4O4S2/c1-6-26(7-2)15-16-27(23-24-21-19(31-5)9-8-10-20(21)32-23)22(28)17-11-13-18(14-12-17)33(29,30)25(3)4/h8-14H,6-7,15-16H2,1-5H3. The lowest BCUT2D eigenvalue weighted by atomic mass is 10.2. The van der Waals surface area contributed by atoms with Gasteiger partial charge in [0.25, 0.3) is 5.91 Å². The molecule has 0 atom stereocenters. The number of anilines is 1. The third-order valence-corrected chi connectivity index (χ3v) is 8.35. The lowest BCUT2D eigenvalue weighted by molar-refractivity contribution is 0.0983. The topological polar surface area (TPSA) is 83.1 Å². The number of amides is 1. The summed E-state index contributed by atoms with van der Waals surface area (Å²) in [6, 6.07) is 11.7. The highest BCUT2D eigenvalue weighted by atomic mass is 32.2. The smallest absolute Gasteiger partial charge is 0.260 e. The van der Waals surface area contributed by atoms with Gasteiger partial charge < -0.3 is 9.64 Å². The number of sulfonamides is 1. The fraction of sp³-hybridized carbons (Fsp3) is 0.391. The molecular weight excluding hydrogens is 460 g/mol. The molecular formula is C23H30N4O4S2. The first-order valence-corrected chi connectivity index (χ1v) is 13.0. The molecule has 0 aliphatic rings. The fourth-order valence-electron chi connectivity index (χ4n) is 3.39. The zero-order valence-corrected chi connectivity index (χ0v) is 21.2. The summed E-state index contributed by atoms with van der Waals surface area (Å²) >= 11 is 1.43. The Bertz CT molecular complexity index is 1200. The van der Waals surface area contributed by atoms with E-state index in [4.69, 9.17) is 9.72 Å². The number of para-hydroxylation sites is 1. The molecule has 178 valence electrons. The van der Waals surface area contributed by atoms with Crippen molar-refractivity contribution in [2.24, 2.45) is 0 Å². The first-order chi connectivity index (χ1) is 15.7. The second-order valence-electron chi connectivity index (χ2n) is 7.60. The monoisotopic (exact) mass is 490 g/mol. The number of ether oxygens (including phenoxy) is 1. The zero-order valence-electron chi connectivity index (χ0n) is 19.6. The SMILES string of the molecule is CCN(CC)CCN(C(=O)c1ccc(S(=O)(=O)N(C)C)cc1)c1nc2c(OC)cccc2s1. The minimum absolute atomic E-state index is 0.142. The van der Waals surface area contributed by atoms with Crippen LogP contribution in [-0.4, -0.2) is 75.9 Å². The molecule has 0 radical (unpaired) electrons. The van der Waals surface area contributed by atoms with E-state index in [2.05, 4.69) is 18.7 Å². The van der Waals surface area contributed by atoms with Crippen LogP contribution >= 0.6 is 11.3 Å². The van der Waals surface area contributed by atoms with Gasteiger partial charge in [0.2, 0.25) is 10.0 Å². The van der Waals surface area contributed by atoms with Gasteiger partial charge in [0, 0.05) is 32.7 Å². The fourth-order valence-corrected chi connectivity index (χ4v) is 5.30. The Morgan fingerprint density at radius 1 is 1.03 bits per heavy atom. The van der Waals surface area contributed by atoms with Crippen LogP contribution in [0.15, 0.2) is 47.4 Å². The summed E-state index contributed by atoms with van der Waals surface area (Å²) in [6.45, 7) is 7.08. The molecule has 0 spiro atoms. The predicted molar refractivity (Wildman–Crippen MR) is 133 cm³/mol. The number of benzene rings is 2. The Balaban J connectivity index is 1.98. The second kappa shape index (κ2) is 10.6. The van der Waals surface area contributed by atoms with Gasteiger partial charge in [-0.25, -0.2) is 17.7 Å². The Kier molecular flexibility index (Phi) is 8.06. The van der Waals surface area contributed by atoms with E-state index in [1.807, 2.05) is 18.2 Å². The molecule has 0 fully saturated rings. The lowest BCUT2D eigenvalue weighted by Gasteiger charge is -2.25. The number of methoxy groups -OCH3 is 1. The summed E-state index contributed by atoms with van der Waals surface area (Å²) in [7, 11) is 0.984. The van der Waals surface area contributed by atoms with E-state index >= 15 is 0 Å². The molecule has 0 bridgehead atoms. The number of hydrogen-bond acceptors (Lipinski definition) is 7. The second-order valence-corrected chi connectivity index (χ2v) is 10.8. The van der Waals surface area contributed by atoms with Crippen LogP contribution in [0.25, 0.3) is 10.2 Å². The van der Waals surface area contributed by atoms with Gasteiger partial charge in [0.05, 0.1) is 16.7 Å². The number of thiazole rings is 1. The number of aromatic nitrogens is 1. The first kappa shape index (κ1) is 25.1. The predicted octanol–water partition coefficient (Wildman–Crippen LogP) is 3.54. The molecule has 0 N–H and O–H groups in total. The van der Waals surface area contributed by atoms with Gasteiger partial charge in [-0.2, -0.15) is 0 Å². The molecule has 0 saturated heterocycles. The zero-order chi connectivity index (χ0) is 24.2. The van der Waals surface area contributed by atoms with E-state index in [0.29, 0.717) is 35.1 Å². The van der Waals surface area contributed by atoms with Crippen LogP contribution < -0.4 is 9.64 Å². The molecule has 1 amide bonds. The maximum atomic E-state index is 13.5. The summed E-state index contributed by atoms with van der Waals surface area (Å²) in [4.78, 5) is 22.3. The van der Waals surface area contributed by atoms with Crippen molar-refractivity contribution in [2.45, 2.75) is 18.7 Å². The van der Waals surface area contributed by atoms with E-state index in [-0.39, 0.29) is 10.8 Å². The van der Waals surface area contributed by atoms with Crippen molar-refractivity contribution in [1.82, 2.24) is 14.2 Å². The molecule has 8 nitrogen and oxygen atoms in total. The maximum Gasteiger partial charge on any atom is 0.260 e. The van der Waals surface area contributed by atoms with Crippen molar-refractivity contribution in [3.05, 3.63) is 48.0 Å². The van der Waals surface area contributed by atoms with Gasteiger partial charge >= 0.3 is 0 Å². The average molecular weight is 491 g/mol. The number of carbonyl (C=O) groups is 1. The lowest BCUT2D eigenvalue weighted by Crippen LogP contribution is -2.38. The summed E-state index contributed by atoms with van der Waals surface area (Å²) in [5.41, 5.74) is 1.12. The average Bonchev–Trinajstić information content (AvgIpc) is 3.25. The van der Waals surface area contributed by atoms with Crippen molar-refractivity contribution in [3.8, 4) is 5.75 Å². The van der Waals surface area contributed by atoms with Crippen LogP contribution in [0, 0.1) is 0 Å². The van der Waals surface area contributed by atoms with Crippen LogP contribution in [0.4, 0.5) is 5.13 Å². The minimum atomic E-state index is -3.57. The minimum Gasteiger partial charge on any atom is -0.494 e. The number of carbonyl (C=O) groups excluding carboxylic acids is 1. The molecule has 1 aromatic heterocycles. The number of nitrogens with zero attached hydrogens (tertiary/aromatic N) is 4. The summed E-state index contributed by atoms with van der Waals surface area (Å²) in [5, 5.41) is 0.580. The van der Waals surface area contributed by atoms with Crippen molar-refractivity contribution in [2.75, 3.05) is 52.3 Å². The quantitative estimate of drug-likeness (QED) is 0.432. The van der Waals surface area contributed by atoms with E-state index in [1.165, 1.54) is 37.6 Å². The Morgan fingerprint density at radius 3 is 2.27 bits per heavy atom. The van der Waals surface area contributed by atoms with Crippen LogP contribution in [0.3, 0.4) is 0 Å². The van der Waals surface area contributed by atoms with Gasteiger partial charge in [-0.15, -0.1) is 0 Å². The van der Waals surface area contributed by atoms with Crippen molar-refractivity contribution >= 4 is 42.6 Å². The van der Waals surface area contributed by atoms with Crippen LogP contribution in [-0.2, 0) is 10.0 Å². The summed E-state index contributed by atoms with van der Waals surface area (Å²) in [5.74, 6) is 0.429. The molecule has 1 heterocycles. The summed E-state index contributed by atoms with van der Waals surface area (Å²) in [6.07, 6.45) is 0. The highest BCUT2D eigenvalue weighted by Gasteiger charge is 2.24. The van der Waals surface area contributed by atoms with Crippen molar-refractivity contribution < 1.29 is 17.9 Å². The Labute approximate surface area is 199 Å². The van der Waals surface area contributed by atoms with Gasteiger partial charge in [-0.1, -0.05) is 31.3 Å². The highest BCUT2D eigenvalue weighted by molar-refractivity contribution is 7.89. The maximum absolute atomic E-state index is 13.5. The molecule has 0 unspecified atom stereocenters. The molecule has 10 heteroatoms. The van der Waals surface area contributed by atoms with Crippen LogP contribution in [0.1, 0.15) is 24.2 Å². The largest absolute Gasteiger partial charge is 0.494 e. The summed E-state index contributed by atoms with van der Waals surface area (Å²) < 4.78 is 32.3. The first-order valence-electron chi connectivity index (χ1n) is 10.7. The Hall–Kier alpha value is -2.53. The normalized spacial score (nSPS) is 12.0. The molecule has 33 heavy (non-hydrogen) atoms. The number of fused-ring (bicyclic) bond motifs is 1. The molecule has 0 aliphatic heterocycles. The molecule has 0 saturated carbocycles. The third kappa shape index (κ3) is 5.35. The van der Waals surface area contributed by atoms with Gasteiger partial charge in [0.15, 0.2) is 5.13 Å². The van der Waals surface area contributed by atoms with Crippen LogP contribution in [0.2, 0.25) is 0 Å². The van der Waals surface area contributed by atoms with Crippen molar-refractivity contribution in [3.63, 3.8) is 0 Å². The molecule has 3 aromatic rings. The van der Waals surface area contributed by atoms with Crippen molar-refractivity contribution in [1.29, 1.82) is 0 Å². The third-order valence-electron chi connectivity index (χ3n) is 5.48. The number of likely N-dealkylation sites (N-methyl/N-ethyl adjacent to an activating group) is 1. The molecule has 3 rings (SSSR count). The number of hydrogen-bond donors (Lipinski definition) is 0. The molecule has 2 aromatic carbocycles. The Morgan fingerprint density at radius 2 is 1.70 bits per heavy atom. The van der Waals surface area contributed by atoms with E-state index < -0.39 is 10.0 Å². The van der Waals surface area contributed by atoms with E-state index in [9.17, 15) is 13.2 Å². The van der Waals surface area contributed by atoms with E-state index in [0.717, 1.165) is 22.1 Å². The molecule has 0 aliphatic carbocycles. The highest BCUT2D eigenvalue weighted by Crippen LogP contribution is 2.34. The van der Waals surface area contributed by atoms with Crippen LogP contribution in [0.5, 0.6) is 5.75 Å². The van der Waals surface area contributed by atoms with Gasteiger partial charge in [-0.05, 0) is 49.5 Å². The van der Waals surface area contributed by atoms with Gasteiger partial charge in [-0.3, -0.25) is 9.69 Å². The van der Waals surface area contributed by atoms with Gasteiger partial charge in [0.1, 0.15) is 11.3 Å².